The van der Waals surface area contributed by atoms with Gasteiger partial charge in [0.25, 0.3) is 0 Å². The molecular formula is C73H36F16N2O4. The highest BCUT2D eigenvalue weighted by Gasteiger charge is 2.47. The summed E-state index contributed by atoms with van der Waals surface area (Å²) in [7, 11) is 0. The van der Waals surface area contributed by atoms with Crippen molar-refractivity contribution in [2.45, 2.75) is 5.41 Å². The zero-order chi connectivity index (χ0) is 67.0. The maximum atomic E-state index is 16.0. The van der Waals surface area contributed by atoms with Crippen molar-refractivity contribution in [2.24, 2.45) is 0 Å². The van der Waals surface area contributed by atoms with Crippen molar-refractivity contribution in [1.29, 1.82) is 0 Å². The fraction of sp³-hybridized carbons (Fsp3) is 0.0137. The minimum absolute atomic E-state index is 0.272. The zero-order valence-corrected chi connectivity index (χ0v) is 47.8. The Morgan fingerprint density at radius 2 is 0.526 bits per heavy atom. The molecule has 0 saturated heterocycles. The fourth-order valence-electron chi connectivity index (χ4n) is 11.9. The minimum Gasteiger partial charge on any atom is -0.503 e. The average Bonchev–Trinajstić information content (AvgIpc) is 1.56. The van der Waals surface area contributed by atoms with E-state index in [1.165, 1.54) is 24.3 Å². The van der Waals surface area contributed by atoms with Gasteiger partial charge in [-0.3, -0.25) is 0 Å². The van der Waals surface area contributed by atoms with Crippen LogP contribution in [0, 0.1) is 93.1 Å². The van der Waals surface area contributed by atoms with Gasteiger partial charge in [0.05, 0.1) is 27.7 Å². The molecule has 0 unspecified atom stereocenters. The highest BCUT2D eigenvalue weighted by Crippen LogP contribution is 2.58. The molecule has 0 aromatic heterocycles. The summed E-state index contributed by atoms with van der Waals surface area (Å²) in [5.41, 5.74) is -3.39. The second-order valence-electron chi connectivity index (χ2n) is 21.4. The molecule has 0 fully saturated rings. The number of phenolic OH excluding ortho intramolecular Hbond substituents is 2. The van der Waals surface area contributed by atoms with E-state index >= 15 is 35.1 Å². The normalized spacial score (nSPS) is 12.2. The van der Waals surface area contributed by atoms with Gasteiger partial charge in [-0.05, 0) is 130 Å². The standard InChI is InChI=1S/C73H36F16N2O4/c74-53-49(54(75)62(83)69(92)61(53)82)51-57(78)65(86)71(66(87)58(51)79)94-43-29-20-35(21-30-43)73(36-22-31-44(32-23-36)95-72-67(88)59(80)52(60(81)68(72)89)50-55(76)63(84)70(93)64(85)56(50)77)47-19-11-10-18-45(47)46-33-28-42(34-48(46)73)91(39-16-8-3-9-17-39)41-26-24-40(25-27-41)90(37-12-4-1-5-13-37)38-14-6-2-7-15-38/h1-34,92-93H. The molecule has 22 heteroatoms. The third-order valence-corrected chi connectivity index (χ3v) is 16.1. The van der Waals surface area contributed by atoms with Gasteiger partial charge < -0.3 is 29.5 Å². The van der Waals surface area contributed by atoms with Crippen LogP contribution in [0.2, 0.25) is 0 Å². The predicted molar refractivity (Wildman–Crippen MR) is 320 cm³/mol. The number of hydrogen-bond acceptors (Lipinski definition) is 6. The highest BCUT2D eigenvalue weighted by atomic mass is 19.2. The number of halogens is 16. The van der Waals surface area contributed by atoms with Crippen LogP contribution in [0.25, 0.3) is 33.4 Å². The van der Waals surface area contributed by atoms with Crippen LogP contribution in [0.4, 0.5) is 104 Å². The largest absolute Gasteiger partial charge is 0.503 e. The molecule has 13 rings (SSSR count). The lowest BCUT2D eigenvalue weighted by Crippen LogP contribution is -2.28. The first-order valence-corrected chi connectivity index (χ1v) is 28.1. The van der Waals surface area contributed by atoms with Crippen LogP contribution in [-0.4, -0.2) is 10.2 Å². The van der Waals surface area contributed by atoms with E-state index in [0.717, 1.165) is 41.3 Å². The van der Waals surface area contributed by atoms with E-state index in [9.17, 15) is 45.3 Å². The van der Waals surface area contributed by atoms with Crippen LogP contribution < -0.4 is 19.3 Å². The number of nitrogens with zero attached hydrogens (tertiary/aromatic N) is 2. The lowest BCUT2D eigenvalue weighted by molar-refractivity contribution is 0.354. The van der Waals surface area contributed by atoms with Gasteiger partial charge in [-0.15, -0.1) is 0 Å². The molecule has 0 bridgehead atoms. The van der Waals surface area contributed by atoms with E-state index in [4.69, 9.17) is 9.47 Å². The van der Waals surface area contributed by atoms with Gasteiger partial charge in [0, 0.05) is 34.1 Å². The topological polar surface area (TPSA) is 65.4 Å². The Balaban J connectivity index is 0.956. The molecule has 0 radical (unpaired) electrons. The summed E-state index contributed by atoms with van der Waals surface area (Å²) in [6, 6.07) is 58.6. The number of aromatic hydroxyl groups is 2. The van der Waals surface area contributed by atoms with Crippen molar-refractivity contribution < 1.29 is 89.9 Å². The summed E-state index contributed by atoms with van der Waals surface area (Å²) in [4.78, 5) is 4.02. The van der Waals surface area contributed by atoms with Gasteiger partial charge in [-0.1, -0.05) is 109 Å². The van der Waals surface area contributed by atoms with Gasteiger partial charge in [0.1, 0.15) is 11.5 Å². The second kappa shape index (κ2) is 24.1. The van der Waals surface area contributed by atoms with E-state index in [2.05, 4.69) is 4.90 Å². The number of rotatable bonds is 14. The van der Waals surface area contributed by atoms with Crippen molar-refractivity contribution in [2.75, 3.05) is 9.80 Å². The van der Waals surface area contributed by atoms with E-state index < -0.39 is 155 Å². The third kappa shape index (κ3) is 10.0. The zero-order valence-electron chi connectivity index (χ0n) is 47.8. The predicted octanol–water partition coefficient (Wildman–Crippen LogP) is 21.5. The van der Waals surface area contributed by atoms with E-state index in [1.54, 1.807) is 24.3 Å². The summed E-state index contributed by atoms with van der Waals surface area (Å²) in [5, 5.41) is 18.9. The van der Waals surface area contributed by atoms with E-state index in [-0.39, 0.29) is 11.1 Å². The van der Waals surface area contributed by atoms with Gasteiger partial charge in [0.2, 0.25) is 58.0 Å². The van der Waals surface area contributed by atoms with Crippen LogP contribution in [0.1, 0.15) is 22.3 Å². The first-order chi connectivity index (χ1) is 45.6. The second-order valence-corrected chi connectivity index (χ2v) is 21.4. The molecule has 1 aliphatic carbocycles. The maximum Gasteiger partial charge on any atom is 0.205 e. The number of phenols is 2. The van der Waals surface area contributed by atoms with Crippen LogP contribution in [0.3, 0.4) is 0 Å². The van der Waals surface area contributed by atoms with Crippen molar-refractivity contribution in [3.05, 3.63) is 322 Å². The Kier molecular flexibility index (Phi) is 15.8. The highest BCUT2D eigenvalue weighted by molar-refractivity contribution is 5.90. The smallest absolute Gasteiger partial charge is 0.205 e. The number of benzene rings is 12. The first-order valence-electron chi connectivity index (χ1n) is 28.1. The summed E-state index contributed by atoms with van der Waals surface area (Å²) in [5.74, 6) is -49.7. The molecule has 474 valence electrons. The molecule has 12 aromatic rings. The Bertz CT molecular complexity index is 4710. The lowest BCUT2D eigenvalue weighted by atomic mass is 9.67. The molecular weight excluding hydrogens is 1270 g/mol. The van der Waals surface area contributed by atoms with Crippen molar-refractivity contribution >= 4 is 34.1 Å². The Hall–Kier alpha value is -11.7. The van der Waals surface area contributed by atoms with E-state index in [1.807, 2.05) is 138 Å². The van der Waals surface area contributed by atoms with Gasteiger partial charge >= 0.3 is 0 Å². The third-order valence-electron chi connectivity index (χ3n) is 16.1. The molecule has 0 heterocycles. The van der Waals surface area contributed by atoms with Crippen LogP contribution in [0.15, 0.2) is 206 Å². The van der Waals surface area contributed by atoms with E-state index in [0.29, 0.717) is 39.3 Å². The Morgan fingerprint density at radius 1 is 0.253 bits per heavy atom. The number of fused-ring (bicyclic) bond motifs is 3. The van der Waals surface area contributed by atoms with Crippen LogP contribution in [-0.2, 0) is 5.41 Å². The van der Waals surface area contributed by atoms with Crippen LogP contribution in [0.5, 0.6) is 34.5 Å². The molecule has 0 spiro atoms. The van der Waals surface area contributed by atoms with Gasteiger partial charge in [-0.25, -0.2) is 35.1 Å². The number of anilines is 6. The first kappa shape index (κ1) is 62.1. The lowest BCUT2D eigenvalue weighted by Gasteiger charge is -2.35. The minimum atomic E-state index is -2.60. The van der Waals surface area contributed by atoms with Gasteiger partial charge in [0.15, 0.2) is 58.0 Å². The number of para-hydroxylation sites is 3. The summed E-state index contributed by atoms with van der Waals surface area (Å²) < 4.78 is 255. The van der Waals surface area contributed by atoms with Crippen molar-refractivity contribution in [3.63, 3.8) is 0 Å². The molecule has 0 aliphatic heterocycles. The molecule has 0 saturated carbocycles. The van der Waals surface area contributed by atoms with Crippen LogP contribution >= 0.6 is 0 Å². The molecule has 0 atom stereocenters. The van der Waals surface area contributed by atoms with Crippen molar-refractivity contribution in [1.82, 2.24) is 0 Å². The van der Waals surface area contributed by atoms with Crippen molar-refractivity contribution in [3.8, 4) is 67.9 Å². The average molecular weight is 1310 g/mol. The van der Waals surface area contributed by atoms with Gasteiger partial charge in [-0.2, -0.15) is 35.1 Å². The molecule has 1 aliphatic rings. The fourth-order valence-corrected chi connectivity index (χ4v) is 11.9. The summed E-state index contributed by atoms with van der Waals surface area (Å²) in [6.07, 6.45) is 0. The summed E-state index contributed by atoms with van der Waals surface area (Å²) >= 11 is 0. The molecule has 95 heavy (non-hydrogen) atoms. The number of ether oxygens (including phenoxy) is 2. The SMILES string of the molecule is Oc1c(F)c(F)c(-c2c(F)c(F)c(Oc3ccc(C4(c5ccc(Oc6c(F)c(F)c(-c7c(F)c(F)c(O)c(F)c7F)c(F)c6F)cc5)c5ccccc5-c5ccc(N(c6ccccc6)c6ccc(N(c7ccccc7)c7ccccc7)cc6)cc54)cc3)c(F)c2F)c(F)c1F. The maximum absolute atomic E-state index is 16.0. The molecule has 2 N–H and O–H groups in total. The monoisotopic (exact) mass is 1310 g/mol. The Labute approximate surface area is 526 Å². The molecule has 12 aromatic carbocycles. The quantitative estimate of drug-likeness (QED) is 0.0836. The summed E-state index contributed by atoms with van der Waals surface area (Å²) in [6.45, 7) is 0. The Morgan fingerprint density at radius 3 is 0.874 bits per heavy atom. The molecule has 0 amide bonds. The number of hydrogen-bond donors (Lipinski definition) is 2. The molecule has 6 nitrogen and oxygen atoms in total.